The summed E-state index contributed by atoms with van der Waals surface area (Å²) in [6, 6.07) is 15.2. The second-order valence-electron chi connectivity index (χ2n) is 5.71. The van der Waals surface area contributed by atoms with Gasteiger partial charge in [0.15, 0.2) is 5.58 Å². The maximum Gasteiger partial charge on any atom is 0.247 e. The van der Waals surface area contributed by atoms with Gasteiger partial charge in [-0.05, 0) is 35.7 Å². The number of fused-ring (bicyclic) bond motifs is 1. The highest BCUT2D eigenvalue weighted by Gasteiger charge is 2.14. The number of rotatable bonds is 6. The van der Waals surface area contributed by atoms with Crippen LogP contribution in [0.15, 0.2) is 75.1 Å². The number of carbonyl (C=O) groups excluding carboxylic acids is 1. The van der Waals surface area contributed by atoms with Gasteiger partial charge in [0.05, 0.1) is 19.4 Å². The molecule has 0 saturated heterocycles. The number of hydrogen-bond donors (Lipinski definition) is 0. The van der Waals surface area contributed by atoms with Gasteiger partial charge in [-0.1, -0.05) is 18.2 Å². The monoisotopic (exact) mass is 364 g/mol. The molecule has 130 valence electrons. The standard InChI is InChI=1S/C20H16N2O3S/c23-20(10-9-19-21-17-7-1-2-8-18(17)25-19)22(13-15-5-3-11-24-15)14-16-6-4-12-26-16/h1-12H,13-14H2/b10-9+. The molecule has 6 heteroatoms. The third kappa shape index (κ3) is 3.75. The van der Waals surface area contributed by atoms with Crippen LogP contribution in [0.25, 0.3) is 17.2 Å². The summed E-state index contributed by atoms with van der Waals surface area (Å²) in [7, 11) is 0. The first-order chi connectivity index (χ1) is 12.8. The van der Waals surface area contributed by atoms with Gasteiger partial charge in [-0.15, -0.1) is 11.3 Å². The first-order valence-corrected chi connectivity index (χ1v) is 9.03. The smallest absolute Gasteiger partial charge is 0.247 e. The molecule has 3 heterocycles. The highest BCUT2D eigenvalue weighted by Crippen LogP contribution is 2.17. The first kappa shape index (κ1) is 16.4. The van der Waals surface area contributed by atoms with Crippen LogP contribution in [-0.2, 0) is 17.9 Å². The van der Waals surface area contributed by atoms with Gasteiger partial charge in [-0.3, -0.25) is 4.79 Å². The lowest BCUT2D eigenvalue weighted by molar-refractivity contribution is -0.127. The average molecular weight is 364 g/mol. The number of carbonyl (C=O) groups is 1. The van der Waals surface area contributed by atoms with Crippen molar-refractivity contribution in [1.82, 2.24) is 9.88 Å². The molecular formula is C20H16N2O3S. The van der Waals surface area contributed by atoms with Crippen LogP contribution in [0.3, 0.4) is 0 Å². The molecule has 4 rings (SSSR count). The van der Waals surface area contributed by atoms with Crippen molar-refractivity contribution < 1.29 is 13.6 Å². The van der Waals surface area contributed by atoms with Crippen molar-refractivity contribution in [2.75, 3.05) is 0 Å². The highest BCUT2D eigenvalue weighted by atomic mass is 32.1. The van der Waals surface area contributed by atoms with Crippen LogP contribution < -0.4 is 0 Å². The normalized spacial score (nSPS) is 11.4. The van der Waals surface area contributed by atoms with Gasteiger partial charge in [0, 0.05) is 17.0 Å². The fraction of sp³-hybridized carbons (Fsp3) is 0.100. The van der Waals surface area contributed by atoms with E-state index in [0.717, 1.165) is 16.2 Å². The van der Waals surface area contributed by atoms with Crippen molar-refractivity contribution in [2.24, 2.45) is 0 Å². The number of furan rings is 1. The lowest BCUT2D eigenvalue weighted by Gasteiger charge is -2.19. The Morgan fingerprint density at radius 1 is 1.12 bits per heavy atom. The predicted molar refractivity (Wildman–Crippen MR) is 100 cm³/mol. The van der Waals surface area contributed by atoms with Crippen molar-refractivity contribution in [3.05, 3.63) is 82.8 Å². The molecule has 0 spiro atoms. The summed E-state index contributed by atoms with van der Waals surface area (Å²) in [4.78, 5) is 19.9. The number of nitrogens with zero attached hydrogens (tertiary/aromatic N) is 2. The van der Waals surface area contributed by atoms with Crippen LogP contribution in [0, 0.1) is 0 Å². The van der Waals surface area contributed by atoms with Gasteiger partial charge < -0.3 is 13.7 Å². The van der Waals surface area contributed by atoms with Gasteiger partial charge in [-0.2, -0.15) is 0 Å². The van der Waals surface area contributed by atoms with Gasteiger partial charge in [0.1, 0.15) is 11.3 Å². The maximum atomic E-state index is 12.7. The van der Waals surface area contributed by atoms with Crippen molar-refractivity contribution in [3.63, 3.8) is 0 Å². The third-order valence-electron chi connectivity index (χ3n) is 3.84. The zero-order valence-electron chi connectivity index (χ0n) is 13.9. The maximum absolute atomic E-state index is 12.7. The van der Waals surface area contributed by atoms with E-state index in [0.29, 0.717) is 24.6 Å². The lowest BCUT2D eigenvalue weighted by atomic mass is 10.3. The summed E-state index contributed by atoms with van der Waals surface area (Å²) in [5.41, 5.74) is 1.47. The molecule has 0 atom stereocenters. The molecule has 1 aromatic carbocycles. The Kier molecular flexibility index (Phi) is 4.66. The van der Waals surface area contributed by atoms with E-state index in [1.54, 1.807) is 28.6 Å². The first-order valence-electron chi connectivity index (χ1n) is 8.15. The van der Waals surface area contributed by atoms with Gasteiger partial charge in [-0.25, -0.2) is 4.98 Å². The van der Waals surface area contributed by atoms with Crippen LogP contribution in [-0.4, -0.2) is 15.8 Å². The van der Waals surface area contributed by atoms with Crippen LogP contribution >= 0.6 is 11.3 Å². The fourth-order valence-electron chi connectivity index (χ4n) is 2.60. The Hall–Kier alpha value is -3.12. The fourth-order valence-corrected chi connectivity index (χ4v) is 3.32. The zero-order chi connectivity index (χ0) is 17.8. The number of oxazole rings is 1. The molecule has 0 aliphatic rings. The molecule has 0 bridgehead atoms. The van der Waals surface area contributed by atoms with Gasteiger partial charge in [0.25, 0.3) is 0 Å². The van der Waals surface area contributed by atoms with E-state index in [1.165, 1.54) is 6.08 Å². The quantitative estimate of drug-likeness (QED) is 0.464. The number of amides is 1. The molecule has 26 heavy (non-hydrogen) atoms. The molecule has 0 fully saturated rings. The Labute approximate surface area is 154 Å². The molecule has 0 saturated carbocycles. The molecule has 1 amide bonds. The van der Waals surface area contributed by atoms with E-state index in [2.05, 4.69) is 4.98 Å². The number of thiophene rings is 1. The van der Waals surface area contributed by atoms with E-state index in [4.69, 9.17) is 8.83 Å². The number of aromatic nitrogens is 1. The van der Waals surface area contributed by atoms with Gasteiger partial charge in [0.2, 0.25) is 11.8 Å². The van der Waals surface area contributed by atoms with Crippen LogP contribution in [0.5, 0.6) is 0 Å². The van der Waals surface area contributed by atoms with Crippen molar-refractivity contribution in [1.29, 1.82) is 0 Å². The molecule has 0 aliphatic heterocycles. The molecule has 0 N–H and O–H groups in total. The van der Waals surface area contributed by atoms with Crippen LogP contribution in [0.4, 0.5) is 0 Å². The number of benzene rings is 1. The van der Waals surface area contributed by atoms with Crippen molar-refractivity contribution >= 4 is 34.4 Å². The average Bonchev–Trinajstić information content (AvgIpc) is 3.40. The minimum atomic E-state index is -0.128. The zero-order valence-corrected chi connectivity index (χ0v) is 14.7. The second-order valence-corrected chi connectivity index (χ2v) is 6.74. The van der Waals surface area contributed by atoms with Crippen molar-refractivity contribution in [3.8, 4) is 0 Å². The topological polar surface area (TPSA) is 59.5 Å². The summed E-state index contributed by atoms with van der Waals surface area (Å²) >= 11 is 1.62. The third-order valence-corrected chi connectivity index (χ3v) is 4.71. The SMILES string of the molecule is O=C(/C=C/c1nc2ccccc2o1)N(Cc1ccco1)Cc1cccs1. The second kappa shape index (κ2) is 7.41. The Morgan fingerprint density at radius 2 is 2.04 bits per heavy atom. The van der Waals surface area contributed by atoms with Gasteiger partial charge >= 0.3 is 0 Å². The summed E-state index contributed by atoms with van der Waals surface area (Å²) in [6.07, 6.45) is 4.70. The molecule has 0 aliphatic carbocycles. The van der Waals surface area contributed by atoms with E-state index in [-0.39, 0.29) is 5.91 Å². The van der Waals surface area contributed by atoms with Crippen molar-refractivity contribution in [2.45, 2.75) is 13.1 Å². The van der Waals surface area contributed by atoms with E-state index in [1.807, 2.05) is 53.9 Å². The number of hydrogen-bond acceptors (Lipinski definition) is 5. The molecular weight excluding hydrogens is 348 g/mol. The predicted octanol–water partition coefficient (Wildman–Crippen LogP) is 4.72. The molecule has 4 aromatic rings. The molecule has 0 radical (unpaired) electrons. The molecule has 5 nitrogen and oxygen atoms in total. The van der Waals surface area contributed by atoms with Crippen LogP contribution in [0.1, 0.15) is 16.5 Å². The Balaban J connectivity index is 1.52. The Morgan fingerprint density at radius 3 is 2.81 bits per heavy atom. The van der Waals surface area contributed by atoms with Crippen LogP contribution in [0.2, 0.25) is 0 Å². The van der Waals surface area contributed by atoms with E-state index < -0.39 is 0 Å². The van der Waals surface area contributed by atoms with E-state index in [9.17, 15) is 4.79 Å². The highest BCUT2D eigenvalue weighted by molar-refractivity contribution is 7.09. The molecule has 0 unspecified atom stereocenters. The summed E-state index contributed by atoms with van der Waals surface area (Å²) in [5, 5.41) is 2.00. The summed E-state index contributed by atoms with van der Waals surface area (Å²) < 4.78 is 11.0. The largest absolute Gasteiger partial charge is 0.467 e. The minimum Gasteiger partial charge on any atom is -0.467 e. The minimum absolute atomic E-state index is 0.128. The summed E-state index contributed by atoms with van der Waals surface area (Å²) in [6.45, 7) is 0.927. The molecule has 3 aromatic heterocycles. The lowest BCUT2D eigenvalue weighted by Crippen LogP contribution is -2.27. The summed E-state index contributed by atoms with van der Waals surface area (Å²) in [5.74, 6) is 1.02. The Bertz CT molecular complexity index is 947. The van der Waals surface area contributed by atoms with E-state index >= 15 is 0 Å². The number of para-hydroxylation sites is 2.